The summed E-state index contributed by atoms with van der Waals surface area (Å²) in [5.74, 6) is 0.322. The van der Waals surface area contributed by atoms with Crippen LogP contribution in [0.5, 0.6) is 0 Å². The van der Waals surface area contributed by atoms with Gasteiger partial charge in [0.2, 0.25) is 0 Å². The number of H-pyrrole nitrogens is 1. The summed E-state index contributed by atoms with van der Waals surface area (Å²) in [7, 11) is 0. The second-order valence-corrected chi connectivity index (χ2v) is 6.01. The second-order valence-electron chi connectivity index (χ2n) is 5.60. The first-order chi connectivity index (χ1) is 10.6. The Labute approximate surface area is 134 Å². The minimum Gasteiger partial charge on any atom is -0.381 e. The monoisotopic (exact) mass is 319 g/mol. The van der Waals surface area contributed by atoms with Crippen LogP contribution in [0.2, 0.25) is 5.02 Å². The molecule has 3 rings (SSSR count). The van der Waals surface area contributed by atoms with Crippen molar-refractivity contribution < 1.29 is 9.53 Å². The molecule has 0 saturated carbocycles. The lowest BCUT2D eigenvalue weighted by Crippen LogP contribution is -2.42. The number of ether oxygens (including phenoxy) is 1. The van der Waals surface area contributed by atoms with E-state index < -0.39 is 0 Å². The molecule has 22 heavy (non-hydrogen) atoms. The average Bonchev–Trinajstić information content (AvgIpc) is 2.89. The number of hydrogen-bond acceptors (Lipinski definition) is 3. The number of nitrogens with zero attached hydrogens (tertiary/aromatic N) is 2. The fraction of sp³-hybridized carbons (Fsp3) is 0.375. The molecular weight excluding hydrogens is 302 g/mol. The van der Waals surface area contributed by atoms with Crippen LogP contribution in [0.15, 0.2) is 30.3 Å². The molecule has 0 bridgehead atoms. The molecule has 0 atom stereocenters. The highest BCUT2D eigenvalue weighted by atomic mass is 35.5. The number of aryl methyl sites for hydroxylation is 1. The predicted molar refractivity (Wildman–Crippen MR) is 83.8 cm³/mol. The molecule has 0 spiro atoms. The summed E-state index contributed by atoms with van der Waals surface area (Å²) < 4.78 is 5.22. The molecule has 2 heterocycles. The summed E-state index contributed by atoms with van der Waals surface area (Å²) in [5, 5.41) is 7.50. The number of nitrogens with one attached hydrogen (secondary N) is 1. The molecule has 1 aliphatic rings. The minimum atomic E-state index is -0.0626. The van der Waals surface area contributed by atoms with E-state index >= 15 is 0 Å². The van der Waals surface area contributed by atoms with E-state index in [-0.39, 0.29) is 5.91 Å². The molecule has 6 heteroatoms. The minimum absolute atomic E-state index is 0.0626. The van der Waals surface area contributed by atoms with E-state index in [0.29, 0.717) is 42.9 Å². The molecule has 1 aromatic carbocycles. The molecule has 1 aliphatic heterocycles. The van der Waals surface area contributed by atoms with E-state index in [4.69, 9.17) is 16.3 Å². The summed E-state index contributed by atoms with van der Waals surface area (Å²) in [6, 6.07) is 9.36. The molecule has 1 saturated heterocycles. The normalized spacial score (nSPS) is 14.6. The maximum Gasteiger partial charge on any atom is 0.272 e. The van der Waals surface area contributed by atoms with Crippen molar-refractivity contribution in [1.29, 1.82) is 0 Å². The van der Waals surface area contributed by atoms with Gasteiger partial charge in [-0.15, -0.1) is 0 Å². The van der Waals surface area contributed by atoms with E-state index in [9.17, 15) is 4.79 Å². The Morgan fingerprint density at radius 2 is 2.23 bits per heavy atom. The fourth-order valence-corrected chi connectivity index (χ4v) is 2.65. The van der Waals surface area contributed by atoms with E-state index in [1.54, 1.807) is 11.0 Å². The van der Waals surface area contributed by atoms with E-state index in [2.05, 4.69) is 10.2 Å². The van der Waals surface area contributed by atoms with Crippen LogP contribution in [0.25, 0.3) is 0 Å². The van der Waals surface area contributed by atoms with Gasteiger partial charge in [0.05, 0.1) is 18.9 Å². The van der Waals surface area contributed by atoms with Gasteiger partial charge in [-0.1, -0.05) is 29.8 Å². The SMILES string of the molecule is Cc1cc(C(=O)N(Cc2ccccc2Cl)CC2COC2)[nH]n1. The van der Waals surface area contributed by atoms with Crippen molar-refractivity contribution >= 4 is 17.5 Å². The summed E-state index contributed by atoms with van der Waals surface area (Å²) >= 11 is 6.22. The zero-order chi connectivity index (χ0) is 15.5. The lowest BCUT2D eigenvalue weighted by atomic mass is 10.1. The Hall–Kier alpha value is -1.85. The third kappa shape index (κ3) is 3.31. The van der Waals surface area contributed by atoms with Gasteiger partial charge in [0, 0.05) is 24.0 Å². The van der Waals surface area contributed by atoms with Crippen LogP contribution in [0.1, 0.15) is 21.7 Å². The van der Waals surface area contributed by atoms with Gasteiger partial charge in [-0.3, -0.25) is 9.89 Å². The Morgan fingerprint density at radius 3 is 2.82 bits per heavy atom. The summed E-state index contributed by atoms with van der Waals surface area (Å²) in [6.45, 7) is 4.39. The second kappa shape index (κ2) is 6.50. The topological polar surface area (TPSA) is 58.2 Å². The highest BCUT2D eigenvalue weighted by Crippen LogP contribution is 2.21. The number of rotatable bonds is 5. The predicted octanol–water partition coefficient (Wildman–Crippen LogP) is 2.66. The van der Waals surface area contributed by atoms with Crippen LogP contribution >= 0.6 is 11.6 Å². The first-order valence-electron chi connectivity index (χ1n) is 7.26. The Morgan fingerprint density at radius 1 is 1.45 bits per heavy atom. The number of aromatic amines is 1. The number of aromatic nitrogens is 2. The number of carbonyl (C=O) groups is 1. The van der Waals surface area contributed by atoms with Gasteiger partial charge in [-0.25, -0.2) is 0 Å². The summed E-state index contributed by atoms with van der Waals surface area (Å²) in [5.41, 5.74) is 2.24. The molecule has 116 valence electrons. The van der Waals surface area contributed by atoms with E-state index in [1.165, 1.54) is 0 Å². The van der Waals surface area contributed by atoms with Crippen LogP contribution in [0, 0.1) is 12.8 Å². The third-order valence-corrected chi connectivity index (χ3v) is 4.10. The van der Waals surface area contributed by atoms with Crippen molar-refractivity contribution in [1.82, 2.24) is 15.1 Å². The Kier molecular flexibility index (Phi) is 4.45. The van der Waals surface area contributed by atoms with Crippen LogP contribution in [0.3, 0.4) is 0 Å². The first kappa shape index (κ1) is 15.1. The fourth-order valence-electron chi connectivity index (χ4n) is 2.45. The first-order valence-corrected chi connectivity index (χ1v) is 7.63. The van der Waals surface area contributed by atoms with Crippen LogP contribution in [-0.4, -0.2) is 40.8 Å². The quantitative estimate of drug-likeness (QED) is 0.921. The standard InChI is InChI=1S/C16H18ClN3O2/c1-11-6-15(19-18-11)16(21)20(7-12-9-22-10-12)8-13-4-2-3-5-14(13)17/h2-6,12H,7-10H2,1H3,(H,18,19). The van der Waals surface area contributed by atoms with Gasteiger partial charge in [0.1, 0.15) is 5.69 Å². The summed E-state index contributed by atoms with van der Waals surface area (Å²) in [4.78, 5) is 14.5. The molecule has 0 aliphatic carbocycles. The molecule has 1 aromatic heterocycles. The van der Waals surface area contributed by atoms with E-state index in [1.807, 2.05) is 31.2 Å². The summed E-state index contributed by atoms with van der Waals surface area (Å²) in [6.07, 6.45) is 0. The molecule has 2 aromatic rings. The molecule has 1 amide bonds. The number of carbonyl (C=O) groups excluding carboxylic acids is 1. The van der Waals surface area contributed by atoms with Crippen molar-refractivity contribution in [3.63, 3.8) is 0 Å². The highest BCUT2D eigenvalue weighted by Gasteiger charge is 2.26. The zero-order valence-corrected chi connectivity index (χ0v) is 13.1. The van der Waals surface area contributed by atoms with Crippen molar-refractivity contribution in [2.45, 2.75) is 13.5 Å². The Bertz CT molecular complexity index is 667. The lowest BCUT2D eigenvalue weighted by molar-refractivity contribution is -0.0442. The molecule has 0 unspecified atom stereocenters. The number of amides is 1. The highest BCUT2D eigenvalue weighted by molar-refractivity contribution is 6.31. The maximum absolute atomic E-state index is 12.7. The largest absolute Gasteiger partial charge is 0.381 e. The van der Waals surface area contributed by atoms with E-state index in [0.717, 1.165) is 11.3 Å². The maximum atomic E-state index is 12.7. The van der Waals surface area contributed by atoms with Crippen molar-refractivity contribution in [3.8, 4) is 0 Å². The van der Waals surface area contributed by atoms with Gasteiger partial charge < -0.3 is 9.64 Å². The van der Waals surface area contributed by atoms with Gasteiger partial charge in [0.25, 0.3) is 5.91 Å². The smallest absolute Gasteiger partial charge is 0.272 e. The molecule has 1 N–H and O–H groups in total. The van der Waals surface area contributed by atoms with Gasteiger partial charge >= 0.3 is 0 Å². The van der Waals surface area contributed by atoms with Crippen LogP contribution in [0.4, 0.5) is 0 Å². The van der Waals surface area contributed by atoms with Crippen molar-refractivity contribution in [2.24, 2.45) is 5.92 Å². The number of halogens is 1. The van der Waals surface area contributed by atoms with Crippen LogP contribution < -0.4 is 0 Å². The number of benzene rings is 1. The molecule has 5 nitrogen and oxygen atoms in total. The van der Waals surface area contributed by atoms with Gasteiger partial charge in [-0.05, 0) is 24.6 Å². The zero-order valence-electron chi connectivity index (χ0n) is 12.4. The van der Waals surface area contributed by atoms with Crippen molar-refractivity contribution in [2.75, 3.05) is 19.8 Å². The molecule has 1 fully saturated rings. The van der Waals surface area contributed by atoms with Gasteiger partial charge in [0.15, 0.2) is 0 Å². The van der Waals surface area contributed by atoms with Gasteiger partial charge in [-0.2, -0.15) is 5.10 Å². The van der Waals surface area contributed by atoms with Crippen LogP contribution in [-0.2, 0) is 11.3 Å². The molecule has 0 radical (unpaired) electrons. The number of hydrogen-bond donors (Lipinski definition) is 1. The average molecular weight is 320 g/mol. The Balaban J connectivity index is 1.80. The lowest BCUT2D eigenvalue weighted by Gasteiger charge is -2.32. The van der Waals surface area contributed by atoms with Crippen molar-refractivity contribution in [3.05, 3.63) is 52.3 Å². The molecular formula is C16H18ClN3O2. The third-order valence-electron chi connectivity index (χ3n) is 3.73.